The van der Waals surface area contributed by atoms with Gasteiger partial charge in [0.15, 0.2) is 17.3 Å². The lowest BCUT2D eigenvalue weighted by Crippen LogP contribution is -1.97. The maximum Gasteiger partial charge on any atom is 0.253 e. The standard InChI is InChI=1S/C20H15ClN4O2/c21-15-5-2-13(3-6-15)16-8-9-22-20-23-19(24-25(16)20)14-4-7-17-18(12-14)27-11-1-10-26-17/h2-9,12H,1,10-11H2. The van der Waals surface area contributed by atoms with Gasteiger partial charge in [-0.1, -0.05) is 23.7 Å². The molecule has 0 saturated carbocycles. The van der Waals surface area contributed by atoms with E-state index in [2.05, 4.69) is 15.1 Å². The molecule has 27 heavy (non-hydrogen) atoms. The summed E-state index contributed by atoms with van der Waals surface area (Å²) in [6.07, 6.45) is 2.59. The van der Waals surface area contributed by atoms with Crippen LogP contribution < -0.4 is 9.47 Å². The van der Waals surface area contributed by atoms with Gasteiger partial charge in [-0.05, 0) is 36.4 Å². The summed E-state index contributed by atoms with van der Waals surface area (Å²) in [6, 6.07) is 15.3. The molecule has 134 valence electrons. The van der Waals surface area contributed by atoms with Crippen molar-refractivity contribution in [2.75, 3.05) is 13.2 Å². The molecule has 3 heterocycles. The second kappa shape index (κ2) is 6.55. The van der Waals surface area contributed by atoms with Crippen LogP contribution in [0.1, 0.15) is 6.42 Å². The number of aromatic nitrogens is 4. The third-order valence-corrected chi connectivity index (χ3v) is 4.64. The van der Waals surface area contributed by atoms with E-state index < -0.39 is 0 Å². The van der Waals surface area contributed by atoms with Gasteiger partial charge in [0.1, 0.15) is 0 Å². The Kier molecular flexibility index (Phi) is 3.90. The van der Waals surface area contributed by atoms with Gasteiger partial charge in [-0.3, -0.25) is 0 Å². The van der Waals surface area contributed by atoms with Crippen LogP contribution in [0.5, 0.6) is 11.5 Å². The van der Waals surface area contributed by atoms with Crippen LogP contribution in [0.15, 0.2) is 54.7 Å². The van der Waals surface area contributed by atoms with Gasteiger partial charge in [0.2, 0.25) is 0 Å². The van der Waals surface area contributed by atoms with Crippen molar-refractivity contribution < 1.29 is 9.47 Å². The smallest absolute Gasteiger partial charge is 0.253 e. The maximum atomic E-state index is 6.00. The van der Waals surface area contributed by atoms with Crippen LogP contribution in [0.25, 0.3) is 28.4 Å². The fourth-order valence-electron chi connectivity index (χ4n) is 3.06. The lowest BCUT2D eigenvalue weighted by molar-refractivity contribution is 0.297. The van der Waals surface area contributed by atoms with E-state index in [0.717, 1.165) is 34.7 Å². The highest BCUT2D eigenvalue weighted by Crippen LogP contribution is 2.33. The zero-order valence-corrected chi connectivity index (χ0v) is 15.1. The molecular weight excluding hydrogens is 364 g/mol. The number of hydrogen-bond donors (Lipinski definition) is 0. The fraction of sp³-hybridized carbons (Fsp3) is 0.150. The van der Waals surface area contributed by atoms with Gasteiger partial charge in [0, 0.05) is 28.8 Å². The van der Waals surface area contributed by atoms with E-state index in [-0.39, 0.29) is 0 Å². The molecule has 1 aliphatic heterocycles. The summed E-state index contributed by atoms with van der Waals surface area (Å²) in [7, 11) is 0. The summed E-state index contributed by atoms with van der Waals surface area (Å²) < 4.78 is 13.2. The van der Waals surface area contributed by atoms with E-state index in [1.807, 2.05) is 48.5 Å². The predicted molar refractivity (Wildman–Crippen MR) is 102 cm³/mol. The van der Waals surface area contributed by atoms with Gasteiger partial charge in [0.05, 0.1) is 18.9 Å². The first-order valence-corrected chi connectivity index (χ1v) is 9.03. The fourth-order valence-corrected chi connectivity index (χ4v) is 3.18. The van der Waals surface area contributed by atoms with Crippen LogP contribution >= 0.6 is 11.6 Å². The van der Waals surface area contributed by atoms with Crippen molar-refractivity contribution in [3.05, 3.63) is 59.8 Å². The number of ether oxygens (including phenoxy) is 2. The summed E-state index contributed by atoms with van der Waals surface area (Å²) in [5, 5.41) is 5.36. The molecular formula is C20H15ClN4O2. The summed E-state index contributed by atoms with van der Waals surface area (Å²) in [5.41, 5.74) is 2.73. The first kappa shape index (κ1) is 16.1. The topological polar surface area (TPSA) is 61.5 Å². The minimum absolute atomic E-state index is 0.532. The van der Waals surface area contributed by atoms with Gasteiger partial charge in [-0.15, -0.1) is 5.10 Å². The number of rotatable bonds is 2. The quantitative estimate of drug-likeness (QED) is 0.521. The van der Waals surface area contributed by atoms with Crippen molar-refractivity contribution in [1.29, 1.82) is 0 Å². The molecule has 0 radical (unpaired) electrons. The number of fused-ring (bicyclic) bond motifs is 2. The molecule has 2 aromatic carbocycles. The first-order chi connectivity index (χ1) is 13.3. The molecule has 0 spiro atoms. The van der Waals surface area contributed by atoms with Gasteiger partial charge in [-0.2, -0.15) is 9.50 Å². The zero-order valence-electron chi connectivity index (χ0n) is 14.3. The molecule has 0 fully saturated rings. The van der Waals surface area contributed by atoms with Crippen LogP contribution in [0.3, 0.4) is 0 Å². The first-order valence-electron chi connectivity index (χ1n) is 8.66. The Hall–Kier alpha value is -3.12. The number of hydrogen-bond acceptors (Lipinski definition) is 5. The summed E-state index contributed by atoms with van der Waals surface area (Å²) >= 11 is 6.00. The van der Waals surface area contributed by atoms with E-state index in [9.17, 15) is 0 Å². The van der Waals surface area contributed by atoms with Crippen LogP contribution in [0.2, 0.25) is 5.02 Å². The van der Waals surface area contributed by atoms with Crippen LogP contribution in [0, 0.1) is 0 Å². The molecule has 2 aromatic heterocycles. The Bertz CT molecular complexity index is 1120. The monoisotopic (exact) mass is 378 g/mol. The Morgan fingerprint density at radius 3 is 2.52 bits per heavy atom. The van der Waals surface area contributed by atoms with E-state index in [0.29, 0.717) is 29.8 Å². The van der Waals surface area contributed by atoms with E-state index in [1.54, 1.807) is 10.7 Å². The lowest BCUT2D eigenvalue weighted by Gasteiger charge is -2.07. The SMILES string of the molecule is Clc1ccc(-c2ccnc3nc(-c4ccc5c(c4)OCCCO5)nn23)cc1. The minimum Gasteiger partial charge on any atom is -0.490 e. The highest BCUT2D eigenvalue weighted by Gasteiger charge is 2.15. The Balaban J connectivity index is 1.60. The average molecular weight is 379 g/mol. The van der Waals surface area contributed by atoms with Crippen molar-refractivity contribution >= 4 is 17.4 Å². The average Bonchev–Trinajstić information content (AvgIpc) is 3.00. The molecule has 6 nitrogen and oxygen atoms in total. The molecule has 0 atom stereocenters. The number of halogens is 1. The van der Waals surface area contributed by atoms with E-state index >= 15 is 0 Å². The van der Waals surface area contributed by atoms with Crippen molar-refractivity contribution in [2.45, 2.75) is 6.42 Å². The number of benzene rings is 2. The molecule has 7 heteroatoms. The van der Waals surface area contributed by atoms with E-state index in [1.165, 1.54) is 0 Å². The molecule has 0 aliphatic carbocycles. The minimum atomic E-state index is 0.532. The zero-order chi connectivity index (χ0) is 18.2. The van der Waals surface area contributed by atoms with Crippen molar-refractivity contribution in [2.24, 2.45) is 0 Å². The molecule has 0 amide bonds. The maximum absolute atomic E-state index is 6.00. The Morgan fingerprint density at radius 2 is 1.67 bits per heavy atom. The highest BCUT2D eigenvalue weighted by atomic mass is 35.5. The number of nitrogens with zero attached hydrogens (tertiary/aromatic N) is 4. The molecule has 5 rings (SSSR count). The normalized spacial score (nSPS) is 13.5. The third kappa shape index (κ3) is 2.98. The summed E-state index contributed by atoms with van der Waals surface area (Å²) in [6.45, 7) is 1.30. The van der Waals surface area contributed by atoms with Gasteiger partial charge in [-0.25, -0.2) is 4.98 Å². The Labute approximate surface area is 160 Å². The third-order valence-electron chi connectivity index (χ3n) is 4.39. The summed E-state index contributed by atoms with van der Waals surface area (Å²) in [5.74, 6) is 2.58. The highest BCUT2D eigenvalue weighted by molar-refractivity contribution is 6.30. The molecule has 4 aromatic rings. The van der Waals surface area contributed by atoms with E-state index in [4.69, 9.17) is 21.1 Å². The molecule has 0 saturated heterocycles. The molecule has 0 unspecified atom stereocenters. The molecule has 0 bridgehead atoms. The second-order valence-corrected chi connectivity index (χ2v) is 6.63. The van der Waals surface area contributed by atoms with Gasteiger partial charge < -0.3 is 9.47 Å². The lowest BCUT2D eigenvalue weighted by atomic mass is 10.1. The molecule has 1 aliphatic rings. The van der Waals surface area contributed by atoms with Crippen molar-refractivity contribution in [3.8, 4) is 34.1 Å². The van der Waals surface area contributed by atoms with Crippen LogP contribution in [-0.4, -0.2) is 32.8 Å². The van der Waals surface area contributed by atoms with Crippen LogP contribution in [0.4, 0.5) is 0 Å². The van der Waals surface area contributed by atoms with Crippen molar-refractivity contribution in [1.82, 2.24) is 19.6 Å². The predicted octanol–water partition coefficient (Wildman–Crippen LogP) is 4.27. The molecule has 0 N–H and O–H groups in total. The summed E-state index contributed by atoms with van der Waals surface area (Å²) in [4.78, 5) is 8.92. The van der Waals surface area contributed by atoms with Gasteiger partial charge in [0.25, 0.3) is 5.78 Å². The Morgan fingerprint density at radius 1 is 0.889 bits per heavy atom. The van der Waals surface area contributed by atoms with Gasteiger partial charge >= 0.3 is 0 Å². The second-order valence-electron chi connectivity index (χ2n) is 6.20. The largest absolute Gasteiger partial charge is 0.490 e. The van der Waals surface area contributed by atoms with Crippen LogP contribution in [-0.2, 0) is 0 Å². The van der Waals surface area contributed by atoms with Crippen molar-refractivity contribution in [3.63, 3.8) is 0 Å².